The third-order valence-corrected chi connectivity index (χ3v) is 7.52. The highest BCUT2D eigenvalue weighted by atomic mass is 19.4. The number of amides is 1. The predicted molar refractivity (Wildman–Crippen MR) is 123 cm³/mol. The van der Waals surface area contributed by atoms with Crippen LogP contribution in [0.15, 0.2) is 42.5 Å². The molecule has 0 radical (unpaired) electrons. The first-order valence-corrected chi connectivity index (χ1v) is 12.1. The zero-order chi connectivity index (χ0) is 23.9. The Balaban J connectivity index is 1.45. The van der Waals surface area contributed by atoms with E-state index in [4.69, 9.17) is 0 Å². The van der Waals surface area contributed by atoms with E-state index in [-0.39, 0.29) is 30.2 Å². The highest BCUT2D eigenvalue weighted by Crippen LogP contribution is 2.40. The molecule has 4 nitrogen and oxygen atoms in total. The van der Waals surface area contributed by atoms with Crippen molar-refractivity contribution in [3.05, 3.63) is 59.4 Å². The second-order valence-corrected chi connectivity index (χ2v) is 9.68. The SMILES string of the molecule is O=C(NC1CCCCC1)[C@@H]1Cc2cc(C(F)(F)F)ccc2N2CCN(c3ccc(F)cc3)C[C@H]12. The van der Waals surface area contributed by atoms with Crippen LogP contribution in [0.25, 0.3) is 0 Å². The van der Waals surface area contributed by atoms with E-state index in [1.54, 1.807) is 18.2 Å². The average Bonchev–Trinajstić information content (AvgIpc) is 2.83. The molecule has 2 aromatic rings. The second-order valence-electron chi connectivity index (χ2n) is 9.68. The van der Waals surface area contributed by atoms with Gasteiger partial charge in [0.1, 0.15) is 5.82 Å². The van der Waals surface area contributed by atoms with Crippen LogP contribution in [0.5, 0.6) is 0 Å². The Labute approximate surface area is 196 Å². The van der Waals surface area contributed by atoms with Gasteiger partial charge in [-0.3, -0.25) is 4.79 Å². The number of piperazine rings is 1. The zero-order valence-corrected chi connectivity index (χ0v) is 19.0. The van der Waals surface area contributed by atoms with E-state index in [9.17, 15) is 22.4 Å². The largest absolute Gasteiger partial charge is 0.416 e. The van der Waals surface area contributed by atoms with Gasteiger partial charge in [0, 0.05) is 37.1 Å². The number of fused-ring (bicyclic) bond motifs is 3. The van der Waals surface area contributed by atoms with Crippen molar-refractivity contribution in [1.82, 2.24) is 5.32 Å². The molecule has 1 saturated heterocycles. The molecule has 1 N–H and O–H groups in total. The van der Waals surface area contributed by atoms with Crippen molar-refractivity contribution in [2.45, 2.75) is 56.8 Å². The normalized spacial score (nSPS) is 23.3. The molecule has 0 aromatic heterocycles. The van der Waals surface area contributed by atoms with Gasteiger partial charge in [-0.05, 0) is 67.3 Å². The number of nitrogens with one attached hydrogen (secondary N) is 1. The van der Waals surface area contributed by atoms with Gasteiger partial charge in [0.15, 0.2) is 0 Å². The lowest BCUT2D eigenvalue weighted by molar-refractivity contribution is -0.137. The van der Waals surface area contributed by atoms with Crippen LogP contribution in [0, 0.1) is 11.7 Å². The number of carbonyl (C=O) groups excluding carboxylic acids is 1. The molecule has 3 aliphatic rings. The maximum absolute atomic E-state index is 13.5. The molecule has 1 amide bonds. The van der Waals surface area contributed by atoms with Gasteiger partial charge in [-0.2, -0.15) is 13.2 Å². The minimum absolute atomic E-state index is 0.0779. The van der Waals surface area contributed by atoms with E-state index >= 15 is 0 Å². The summed E-state index contributed by atoms with van der Waals surface area (Å²) in [7, 11) is 0. The minimum atomic E-state index is -4.42. The van der Waals surface area contributed by atoms with E-state index in [1.807, 2.05) is 0 Å². The zero-order valence-electron chi connectivity index (χ0n) is 19.0. The van der Waals surface area contributed by atoms with Crippen LogP contribution in [-0.2, 0) is 17.4 Å². The summed E-state index contributed by atoms with van der Waals surface area (Å²) in [5, 5.41) is 3.20. The first-order valence-electron chi connectivity index (χ1n) is 12.1. The van der Waals surface area contributed by atoms with Crippen molar-refractivity contribution in [2.75, 3.05) is 29.4 Å². The minimum Gasteiger partial charge on any atom is -0.368 e. The van der Waals surface area contributed by atoms with Crippen LogP contribution in [0.4, 0.5) is 28.9 Å². The van der Waals surface area contributed by atoms with E-state index in [0.29, 0.717) is 25.2 Å². The smallest absolute Gasteiger partial charge is 0.368 e. The Bertz CT molecular complexity index is 1030. The van der Waals surface area contributed by atoms with Crippen LogP contribution < -0.4 is 15.1 Å². The molecule has 34 heavy (non-hydrogen) atoms. The molecule has 0 unspecified atom stereocenters. The molecule has 1 aliphatic carbocycles. The molecule has 2 fully saturated rings. The monoisotopic (exact) mass is 475 g/mol. The summed E-state index contributed by atoms with van der Waals surface area (Å²) >= 11 is 0. The number of nitrogens with zero attached hydrogens (tertiary/aromatic N) is 2. The van der Waals surface area contributed by atoms with Crippen LogP contribution in [0.2, 0.25) is 0 Å². The summed E-state index contributed by atoms with van der Waals surface area (Å²) in [5.74, 6) is -0.841. The third kappa shape index (κ3) is 4.59. The fourth-order valence-corrected chi connectivity index (χ4v) is 5.74. The summed E-state index contributed by atoms with van der Waals surface area (Å²) in [5.41, 5.74) is 1.55. The van der Waals surface area contributed by atoms with Crippen LogP contribution in [0.1, 0.15) is 43.2 Å². The summed E-state index contributed by atoms with van der Waals surface area (Å²) in [6.07, 6.45) is 1.09. The van der Waals surface area contributed by atoms with Crippen LogP contribution in [-0.4, -0.2) is 37.6 Å². The first kappa shape index (κ1) is 23.0. The van der Waals surface area contributed by atoms with Crippen molar-refractivity contribution >= 4 is 17.3 Å². The van der Waals surface area contributed by atoms with Gasteiger partial charge in [0.25, 0.3) is 0 Å². The number of benzene rings is 2. The van der Waals surface area contributed by atoms with Crippen molar-refractivity contribution in [3.8, 4) is 0 Å². The average molecular weight is 476 g/mol. The molecule has 2 aliphatic heterocycles. The van der Waals surface area contributed by atoms with Crippen molar-refractivity contribution in [1.29, 1.82) is 0 Å². The standard InChI is InChI=1S/C26H29F4N3O/c27-19-7-9-21(10-8-19)32-12-13-33-23-11-6-18(26(28,29)30)14-17(23)15-22(24(33)16-32)25(34)31-20-4-2-1-3-5-20/h6-11,14,20,22,24H,1-5,12-13,15-16H2,(H,31,34)/t22-,24-/m1/s1. The summed E-state index contributed by atoms with van der Waals surface area (Å²) in [6.45, 7) is 1.77. The molecule has 2 heterocycles. The van der Waals surface area contributed by atoms with Gasteiger partial charge in [0.05, 0.1) is 17.5 Å². The van der Waals surface area contributed by atoms with E-state index in [2.05, 4.69) is 15.1 Å². The summed E-state index contributed by atoms with van der Waals surface area (Å²) < 4.78 is 53.6. The maximum atomic E-state index is 13.5. The number of rotatable bonds is 3. The topological polar surface area (TPSA) is 35.6 Å². The van der Waals surface area contributed by atoms with E-state index in [0.717, 1.165) is 43.1 Å². The third-order valence-electron chi connectivity index (χ3n) is 7.52. The van der Waals surface area contributed by atoms with Crippen LogP contribution in [0.3, 0.4) is 0 Å². The molecule has 0 spiro atoms. The second kappa shape index (κ2) is 9.12. The van der Waals surface area contributed by atoms with Gasteiger partial charge < -0.3 is 15.1 Å². The summed E-state index contributed by atoms with van der Waals surface area (Å²) in [4.78, 5) is 17.7. The van der Waals surface area contributed by atoms with Crippen molar-refractivity contribution in [3.63, 3.8) is 0 Å². The molecule has 2 atom stereocenters. The van der Waals surface area contributed by atoms with Gasteiger partial charge in [-0.15, -0.1) is 0 Å². The highest BCUT2D eigenvalue weighted by molar-refractivity contribution is 5.82. The lowest BCUT2D eigenvalue weighted by Gasteiger charge is -2.50. The Hall–Kier alpha value is -2.77. The molecule has 2 aromatic carbocycles. The first-order chi connectivity index (χ1) is 16.3. The van der Waals surface area contributed by atoms with Gasteiger partial charge in [-0.1, -0.05) is 19.3 Å². The van der Waals surface area contributed by atoms with Crippen LogP contribution >= 0.6 is 0 Å². The molecule has 1 saturated carbocycles. The molecular weight excluding hydrogens is 446 g/mol. The number of anilines is 2. The van der Waals surface area contributed by atoms with E-state index < -0.39 is 17.7 Å². The Morgan fingerprint density at radius 3 is 2.41 bits per heavy atom. The fraction of sp³-hybridized carbons (Fsp3) is 0.500. The molecule has 0 bridgehead atoms. The van der Waals surface area contributed by atoms with Gasteiger partial charge >= 0.3 is 6.18 Å². The molecule has 8 heteroatoms. The predicted octanol–water partition coefficient (Wildman–Crippen LogP) is 5.16. The van der Waals surface area contributed by atoms with Gasteiger partial charge in [0.2, 0.25) is 5.91 Å². The number of halogens is 4. The number of alkyl halides is 3. The van der Waals surface area contributed by atoms with Crippen molar-refractivity contribution < 1.29 is 22.4 Å². The number of carbonyl (C=O) groups is 1. The van der Waals surface area contributed by atoms with Crippen molar-refractivity contribution in [2.24, 2.45) is 5.92 Å². The Kier molecular flexibility index (Phi) is 6.16. The molecular formula is C26H29F4N3O. The maximum Gasteiger partial charge on any atom is 0.416 e. The number of hydrogen-bond acceptors (Lipinski definition) is 3. The quantitative estimate of drug-likeness (QED) is 0.623. The molecule has 5 rings (SSSR count). The van der Waals surface area contributed by atoms with E-state index in [1.165, 1.54) is 24.6 Å². The Morgan fingerprint density at radius 1 is 0.971 bits per heavy atom. The fourth-order valence-electron chi connectivity index (χ4n) is 5.74. The lowest BCUT2D eigenvalue weighted by Crippen LogP contribution is -2.61. The Morgan fingerprint density at radius 2 is 1.71 bits per heavy atom. The lowest BCUT2D eigenvalue weighted by atomic mass is 9.82. The van der Waals surface area contributed by atoms with Gasteiger partial charge in [-0.25, -0.2) is 4.39 Å². The number of hydrogen-bond donors (Lipinski definition) is 1. The highest BCUT2D eigenvalue weighted by Gasteiger charge is 2.43. The summed E-state index contributed by atoms with van der Waals surface area (Å²) in [6, 6.07) is 10.1. The molecule has 182 valence electrons.